The molecule has 1 amide bonds. The van der Waals surface area contributed by atoms with Gasteiger partial charge in [0.2, 0.25) is 5.95 Å². The highest BCUT2D eigenvalue weighted by Crippen LogP contribution is 2.27. The first-order valence-corrected chi connectivity index (χ1v) is 12.9. The van der Waals surface area contributed by atoms with Gasteiger partial charge in [-0.3, -0.25) is 9.59 Å². The lowest BCUT2D eigenvalue weighted by Crippen LogP contribution is -2.39. The maximum Gasteiger partial charge on any atom is 0.293 e. The molecule has 0 spiro atoms. The molecule has 0 radical (unpaired) electrons. The van der Waals surface area contributed by atoms with Crippen LogP contribution in [0.5, 0.6) is 5.75 Å². The SMILES string of the molecule is CCCn1c(=O)c(OCC(=O)NC)cc2cc(Cc3nc(N4C[C@H](C)C[C@H](C)C4)ncc3Cl)ccc21. The number of likely N-dealkylation sites (N-methyl/N-ethyl adjacent to an activating group) is 1. The number of anilines is 1. The Morgan fingerprint density at radius 1 is 1.22 bits per heavy atom. The molecule has 192 valence electrons. The number of halogens is 1. The van der Waals surface area contributed by atoms with Gasteiger partial charge in [-0.25, -0.2) is 9.97 Å². The van der Waals surface area contributed by atoms with Crippen molar-refractivity contribution in [1.29, 1.82) is 0 Å². The van der Waals surface area contributed by atoms with Gasteiger partial charge in [0, 0.05) is 38.5 Å². The van der Waals surface area contributed by atoms with Crippen LogP contribution in [-0.2, 0) is 17.8 Å². The van der Waals surface area contributed by atoms with E-state index in [1.54, 1.807) is 16.8 Å². The Morgan fingerprint density at radius 2 is 1.97 bits per heavy atom. The lowest BCUT2D eigenvalue weighted by Gasteiger charge is -2.35. The zero-order chi connectivity index (χ0) is 25.8. The average molecular weight is 512 g/mol. The summed E-state index contributed by atoms with van der Waals surface area (Å²) in [5.74, 6) is 1.77. The van der Waals surface area contributed by atoms with Crippen molar-refractivity contribution in [2.45, 2.75) is 46.6 Å². The molecule has 0 unspecified atom stereocenters. The Morgan fingerprint density at radius 3 is 2.67 bits per heavy atom. The number of hydrogen-bond donors (Lipinski definition) is 1. The first kappa shape index (κ1) is 25.9. The average Bonchev–Trinajstić information content (AvgIpc) is 2.85. The minimum Gasteiger partial charge on any atom is -0.478 e. The molecule has 2 atom stereocenters. The quantitative estimate of drug-likeness (QED) is 0.490. The molecule has 1 aromatic carbocycles. The van der Waals surface area contributed by atoms with E-state index in [4.69, 9.17) is 21.3 Å². The van der Waals surface area contributed by atoms with Crippen LogP contribution in [-0.4, -0.2) is 47.2 Å². The van der Waals surface area contributed by atoms with E-state index >= 15 is 0 Å². The Labute approximate surface area is 216 Å². The summed E-state index contributed by atoms with van der Waals surface area (Å²) >= 11 is 6.51. The lowest BCUT2D eigenvalue weighted by atomic mass is 9.92. The van der Waals surface area contributed by atoms with Crippen molar-refractivity contribution in [3.63, 3.8) is 0 Å². The zero-order valence-corrected chi connectivity index (χ0v) is 22.1. The number of pyridine rings is 1. The Balaban J connectivity index is 1.66. The zero-order valence-electron chi connectivity index (χ0n) is 21.4. The predicted octanol–water partition coefficient (Wildman–Crippen LogP) is 4.05. The van der Waals surface area contributed by atoms with E-state index in [0.717, 1.165) is 47.6 Å². The largest absolute Gasteiger partial charge is 0.478 e. The number of carbonyl (C=O) groups excluding carboxylic acids is 1. The van der Waals surface area contributed by atoms with Gasteiger partial charge in [-0.2, -0.15) is 0 Å². The molecule has 1 saturated heterocycles. The molecule has 1 aliphatic heterocycles. The number of nitrogens with one attached hydrogen (secondary N) is 1. The summed E-state index contributed by atoms with van der Waals surface area (Å²) in [4.78, 5) is 36.3. The third kappa shape index (κ3) is 5.81. The number of benzene rings is 1. The third-order valence-corrected chi connectivity index (χ3v) is 6.85. The number of aromatic nitrogens is 3. The standard InChI is InChI=1S/C27H34ClN5O3/c1-5-8-33-23-7-6-19(10-20(23)12-24(26(33)35)36-16-25(34)29-4)11-22-21(28)13-30-27(31-22)32-14-17(2)9-18(3)15-32/h6-7,10,12-13,17-18H,5,8-9,11,14-16H2,1-4H3,(H,29,34)/t17-,18+. The molecule has 1 aliphatic rings. The summed E-state index contributed by atoms with van der Waals surface area (Å²) in [7, 11) is 1.53. The Hall–Kier alpha value is -3.13. The molecule has 36 heavy (non-hydrogen) atoms. The number of carbonyl (C=O) groups is 1. The molecule has 9 heteroatoms. The minimum atomic E-state index is -0.294. The summed E-state index contributed by atoms with van der Waals surface area (Å²) in [6.45, 7) is 8.77. The highest BCUT2D eigenvalue weighted by atomic mass is 35.5. The first-order chi connectivity index (χ1) is 17.3. The van der Waals surface area contributed by atoms with Gasteiger partial charge in [0.15, 0.2) is 12.4 Å². The second-order valence-electron chi connectivity index (χ2n) is 9.81. The second kappa shape index (κ2) is 11.3. The molecule has 3 aromatic rings. The number of fused-ring (bicyclic) bond motifs is 1. The van der Waals surface area contributed by atoms with Crippen LogP contribution < -0.4 is 20.5 Å². The van der Waals surface area contributed by atoms with Crippen LogP contribution in [0.25, 0.3) is 10.9 Å². The summed E-state index contributed by atoms with van der Waals surface area (Å²) in [5.41, 5.74) is 2.36. The van der Waals surface area contributed by atoms with Crippen molar-refractivity contribution in [2.24, 2.45) is 11.8 Å². The second-order valence-corrected chi connectivity index (χ2v) is 10.2. The molecule has 1 N–H and O–H groups in total. The maximum absolute atomic E-state index is 13.0. The van der Waals surface area contributed by atoms with Crippen molar-refractivity contribution >= 4 is 34.4 Å². The topological polar surface area (TPSA) is 89.3 Å². The van der Waals surface area contributed by atoms with Crippen LogP contribution in [0.4, 0.5) is 5.95 Å². The predicted molar refractivity (Wildman–Crippen MR) is 143 cm³/mol. The van der Waals surface area contributed by atoms with Crippen molar-refractivity contribution in [1.82, 2.24) is 19.9 Å². The Kier molecular flexibility index (Phi) is 8.14. The number of piperidine rings is 1. The van der Waals surface area contributed by atoms with Crippen LogP contribution in [0.3, 0.4) is 0 Å². The van der Waals surface area contributed by atoms with Crippen LogP contribution >= 0.6 is 11.6 Å². The van der Waals surface area contributed by atoms with Gasteiger partial charge in [0.1, 0.15) is 0 Å². The molecule has 8 nitrogen and oxygen atoms in total. The van der Waals surface area contributed by atoms with E-state index in [0.29, 0.717) is 29.8 Å². The molecular weight excluding hydrogens is 478 g/mol. The highest BCUT2D eigenvalue weighted by molar-refractivity contribution is 6.31. The van der Waals surface area contributed by atoms with Crippen LogP contribution in [0.1, 0.15) is 44.9 Å². The first-order valence-electron chi connectivity index (χ1n) is 12.5. The number of hydrogen-bond acceptors (Lipinski definition) is 6. The number of nitrogens with zero attached hydrogens (tertiary/aromatic N) is 4. The van der Waals surface area contributed by atoms with Crippen LogP contribution in [0, 0.1) is 11.8 Å². The van der Waals surface area contributed by atoms with E-state index in [1.165, 1.54) is 13.5 Å². The number of amides is 1. The fraction of sp³-hybridized carbons (Fsp3) is 0.481. The van der Waals surface area contributed by atoms with Crippen molar-refractivity contribution < 1.29 is 9.53 Å². The van der Waals surface area contributed by atoms with E-state index < -0.39 is 0 Å². The van der Waals surface area contributed by atoms with E-state index in [2.05, 4.69) is 29.0 Å². The number of aryl methyl sites for hydroxylation is 1. The highest BCUT2D eigenvalue weighted by Gasteiger charge is 2.24. The smallest absolute Gasteiger partial charge is 0.293 e. The number of ether oxygens (including phenoxy) is 1. The molecule has 3 heterocycles. The van der Waals surface area contributed by atoms with Gasteiger partial charge in [0.25, 0.3) is 11.5 Å². The van der Waals surface area contributed by atoms with Gasteiger partial charge in [-0.15, -0.1) is 0 Å². The molecule has 0 aliphatic carbocycles. The molecule has 1 fully saturated rings. The minimum absolute atomic E-state index is 0.160. The molecular formula is C27H34ClN5O3. The van der Waals surface area contributed by atoms with Gasteiger partial charge in [-0.1, -0.05) is 38.4 Å². The molecule has 4 rings (SSSR count). The summed E-state index contributed by atoms with van der Waals surface area (Å²) in [6.07, 6.45) is 4.23. The van der Waals surface area contributed by atoms with Gasteiger partial charge < -0.3 is 19.5 Å². The van der Waals surface area contributed by atoms with E-state index in [-0.39, 0.29) is 23.8 Å². The fourth-order valence-corrected chi connectivity index (χ4v) is 5.13. The normalized spacial score (nSPS) is 17.9. The van der Waals surface area contributed by atoms with E-state index in [1.807, 2.05) is 25.1 Å². The lowest BCUT2D eigenvalue weighted by molar-refractivity contribution is -0.122. The van der Waals surface area contributed by atoms with Gasteiger partial charge >= 0.3 is 0 Å². The summed E-state index contributed by atoms with van der Waals surface area (Å²) in [5, 5.41) is 3.89. The van der Waals surface area contributed by atoms with Crippen molar-refractivity contribution in [3.05, 3.63) is 57.1 Å². The van der Waals surface area contributed by atoms with E-state index in [9.17, 15) is 9.59 Å². The summed E-state index contributed by atoms with van der Waals surface area (Å²) < 4.78 is 7.27. The Bertz CT molecular complexity index is 1300. The molecule has 2 aromatic heterocycles. The van der Waals surface area contributed by atoms with Crippen molar-refractivity contribution in [2.75, 3.05) is 31.6 Å². The summed E-state index contributed by atoms with van der Waals surface area (Å²) in [6, 6.07) is 7.69. The third-order valence-electron chi connectivity index (χ3n) is 6.54. The van der Waals surface area contributed by atoms with Gasteiger partial charge in [-0.05, 0) is 48.4 Å². The number of rotatable bonds is 8. The monoisotopic (exact) mass is 511 g/mol. The maximum atomic E-state index is 13.0. The molecule has 0 bridgehead atoms. The van der Waals surface area contributed by atoms with Crippen LogP contribution in [0.2, 0.25) is 5.02 Å². The fourth-order valence-electron chi connectivity index (χ4n) is 4.97. The van der Waals surface area contributed by atoms with Crippen molar-refractivity contribution in [3.8, 4) is 5.75 Å². The molecule has 0 saturated carbocycles. The van der Waals surface area contributed by atoms with Crippen LogP contribution in [0.15, 0.2) is 35.3 Å². The van der Waals surface area contributed by atoms with Gasteiger partial charge in [0.05, 0.1) is 22.4 Å².